The van der Waals surface area contributed by atoms with E-state index in [1.54, 1.807) is 12.3 Å². The van der Waals surface area contributed by atoms with E-state index in [2.05, 4.69) is 4.98 Å². The van der Waals surface area contributed by atoms with Gasteiger partial charge in [-0.3, -0.25) is 9.54 Å². The zero-order valence-corrected chi connectivity index (χ0v) is 7.97. The van der Waals surface area contributed by atoms with E-state index in [-0.39, 0.29) is 4.90 Å². The minimum Gasteiger partial charge on any atom is -0.282 e. The van der Waals surface area contributed by atoms with Crippen molar-refractivity contribution in [2.24, 2.45) is 0 Å². The molecule has 0 radical (unpaired) electrons. The van der Waals surface area contributed by atoms with Crippen molar-refractivity contribution in [3.63, 3.8) is 0 Å². The summed E-state index contributed by atoms with van der Waals surface area (Å²) in [5.41, 5.74) is 0. The van der Waals surface area contributed by atoms with Gasteiger partial charge in [0, 0.05) is 27.9 Å². The van der Waals surface area contributed by atoms with Gasteiger partial charge in [0.05, 0.1) is 0 Å². The SMILES string of the molecule is O=S(=O)(O)c1csc2ccncc12. The molecule has 0 bridgehead atoms. The Morgan fingerprint density at radius 3 is 2.92 bits per heavy atom. The third-order valence-corrected chi connectivity index (χ3v) is 3.62. The van der Waals surface area contributed by atoms with Crippen LogP contribution in [0.25, 0.3) is 10.1 Å². The Morgan fingerprint density at radius 1 is 1.46 bits per heavy atom. The van der Waals surface area contributed by atoms with Crippen LogP contribution < -0.4 is 0 Å². The first-order valence-electron chi connectivity index (χ1n) is 3.38. The molecule has 2 rings (SSSR count). The minimum absolute atomic E-state index is 0.0689. The number of hydrogen-bond donors (Lipinski definition) is 1. The van der Waals surface area contributed by atoms with Gasteiger partial charge in [-0.05, 0) is 6.07 Å². The zero-order chi connectivity index (χ0) is 9.47. The van der Waals surface area contributed by atoms with E-state index in [1.165, 1.54) is 22.9 Å². The van der Waals surface area contributed by atoms with Gasteiger partial charge in [-0.2, -0.15) is 8.42 Å². The van der Waals surface area contributed by atoms with Crippen LogP contribution in [0.15, 0.2) is 28.7 Å². The number of fused-ring (bicyclic) bond motifs is 1. The summed E-state index contributed by atoms with van der Waals surface area (Å²) in [4.78, 5) is 3.72. The molecule has 0 saturated heterocycles. The monoisotopic (exact) mass is 215 g/mol. The highest BCUT2D eigenvalue weighted by Crippen LogP contribution is 2.27. The molecule has 0 fully saturated rings. The van der Waals surface area contributed by atoms with Gasteiger partial charge in [0.2, 0.25) is 0 Å². The lowest BCUT2D eigenvalue weighted by atomic mass is 10.3. The lowest BCUT2D eigenvalue weighted by molar-refractivity contribution is 0.484. The Kier molecular flexibility index (Phi) is 1.83. The molecule has 4 nitrogen and oxygen atoms in total. The second-order valence-corrected chi connectivity index (χ2v) is 4.75. The lowest BCUT2D eigenvalue weighted by Gasteiger charge is -1.92. The minimum atomic E-state index is -4.12. The number of pyridine rings is 1. The lowest BCUT2D eigenvalue weighted by Crippen LogP contribution is -1.95. The van der Waals surface area contributed by atoms with E-state index >= 15 is 0 Å². The Labute approximate surface area is 78.6 Å². The Bertz CT molecular complexity index is 544. The molecule has 0 aliphatic rings. The first kappa shape index (κ1) is 8.61. The average Bonchev–Trinajstić information content (AvgIpc) is 2.45. The molecule has 68 valence electrons. The first-order valence-corrected chi connectivity index (χ1v) is 5.70. The van der Waals surface area contributed by atoms with E-state index in [9.17, 15) is 8.42 Å². The molecule has 6 heteroatoms. The second-order valence-electron chi connectivity index (χ2n) is 2.45. The summed E-state index contributed by atoms with van der Waals surface area (Å²) in [5.74, 6) is 0. The summed E-state index contributed by atoms with van der Waals surface area (Å²) in [6.07, 6.45) is 3.00. The largest absolute Gasteiger partial charge is 0.296 e. The predicted molar refractivity (Wildman–Crippen MR) is 49.4 cm³/mol. The maximum Gasteiger partial charge on any atom is 0.296 e. The van der Waals surface area contributed by atoms with Crippen LogP contribution in [0.3, 0.4) is 0 Å². The van der Waals surface area contributed by atoms with Crippen LogP contribution in [0.1, 0.15) is 0 Å². The van der Waals surface area contributed by atoms with Crippen LogP contribution in [-0.2, 0) is 10.1 Å². The fraction of sp³-hybridized carbons (Fsp3) is 0. The van der Waals surface area contributed by atoms with Crippen LogP contribution in [0, 0.1) is 0 Å². The van der Waals surface area contributed by atoms with Crippen LogP contribution in [0.5, 0.6) is 0 Å². The summed E-state index contributed by atoms with van der Waals surface area (Å²) in [5, 5.41) is 1.87. The molecular weight excluding hydrogens is 210 g/mol. The van der Waals surface area contributed by atoms with Gasteiger partial charge in [-0.1, -0.05) is 0 Å². The molecular formula is C7H5NO3S2. The average molecular weight is 215 g/mol. The summed E-state index contributed by atoms with van der Waals surface area (Å²) in [7, 11) is -4.12. The Balaban J connectivity index is 2.87. The molecule has 0 aromatic carbocycles. The van der Waals surface area contributed by atoms with Crippen molar-refractivity contribution in [3.05, 3.63) is 23.8 Å². The zero-order valence-electron chi connectivity index (χ0n) is 6.34. The van der Waals surface area contributed by atoms with E-state index < -0.39 is 10.1 Å². The molecule has 0 unspecified atom stereocenters. The van der Waals surface area contributed by atoms with E-state index in [0.717, 1.165) is 4.70 Å². The van der Waals surface area contributed by atoms with Gasteiger partial charge >= 0.3 is 0 Å². The number of thiophene rings is 1. The van der Waals surface area contributed by atoms with E-state index in [4.69, 9.17) is 4.55 Å². The summed E-state index contributed by atoms with van der Waals surface area (Å²) in [6.45, 7) is 0. The topological polar surface area (TPSA) is 67.3 Å². The van der Waals surface area contributed by atoms with Crippen LogP contribution in [0.2, 0.25) is 0 Å². The predicted octanol–water partition coefficient (Wildman–Crippen LogP) is 1.54. The molecule has 13 heavy (non-hydrogen) atoms. The molecule has 1 N–H and O–H groups in total. The Hall–Kier alpha value is -0.980. The van der Waals surface area contributed by atoms with Gasteiger partial charge in [0.1, 0.15) is 4.90 Å². The van der Waals surface area contributed by atoms with Crippen molar-refractivity contribution in [2.45, 2.75) is 4.90 Å². The van der Waals surface area contributed by atoms with Gasteiger partial charge in [0.25, 0.3) is 10.1 Å². The molecule has 2 heterocycles. The van der Waals surface area contributed by atoms with Crippen molar-refractivity contribution in [1.82, 2.24) is 4.98 Å². The maximum atomic E-state index is 10.8. The molecule has 2 aromatic rings. The number of nitrogens with zero attached hydrogens (tertiary/aromatic N) is 1. The normalized spacial score (nSPS) is 12.1. The quantitative estimate of drug-likeness (QED) is 0.733. The van der Waals surface area contributed by atoms with E-state index in [0.29, 0.717) is 5.39 Å². The smallest absolute Gasteiger partial charge is 0.282 e. The molecule has 0 amide bonds. The Morgan fingerprint density at radius 2 is 2.23 bits per heavy atom. The fourth-order valence-corrected chi connectivity index (χ4v) is 2.98. The first-order chi connectivity index (χ1) is 6.09. The molecule has 0 saturated carbocycles. The molecule has 2 aromatic heterocycles. The van der Waals surface area contributed by atoms with Crippen LogP contribution in [0.4, 0.5) is 0 Å². The highest BCUT2D eigenvalue weighted by molar-refractivity contribution is 7.86. The number of hydrogen-bond acceptors (Lipinski definition) is 4. The van der Waals surface area contributed by atoms with Crippen molar-refractivity contribution in [2.75, 3.05) is 0 Å². The van der Waals surface area contributed by atoms with Crippen LogP contribution in [-0.4, -0.2) is 18.0 Å². The van der Waals surface area contributed by atoms with Crippen molar-refractivity contribution < 1.29 is 13.0 Å². The number of aromatic nitrogens is 1. The highest BCUT2D eigenvalue weighted by atomic mass is 32.2. The van der Waals surface area contributed by atoms with Gasteiger partial charge in [-0.25, -0.2) is 0 Å². The van der Waals surface area contributed by atoms with Crippen LogP contribution >= 0.6 is 11.3 Å². The highest BCUT2D eigenvalue weighted by Gasteiger charge is 2.15. The van der Waals surface area contributed by atoms with Crippen molar-refractivity contribution >= 4 is 31.5 Å². The third kappa shape index (κ3) is 1.43. The third-order valence-electron chi connectivity index (χ3n) is 1.62. The standard InChI is InChI=1S/C7H5NO3S2/c9-13(10,11)7-4-12-6-1-2-8-3-5(6)7/h1-4H,(H,9,10,11). The summed E-state index contributed by atoms with van der Waals surface area (Å²) in [6, 6.07) is 1.70. The van der Waals surface area contributed by atoms with Gasteiger partial charge in [-0.15, -0.1) is 11.3 Å². The maximum absolute atomic E-state index is 10.8. The number of rotatable bonds is 1. The summed E-state index contributed by atoms with van der Waals surface area (Å²) < 4.78 is 31.3. The molecule has 0 aliphatic heterocycles. The van der Waals surface area contributed by atoms with Crippen molar-refractivity contribution in [3.8, 4) is 0 Å². The van der Waals surface area contributed by atoms with Gasteiger partial charge < -0.3 is 0 Å². The van der Waals surface area contributed by atoms with Gasteiger partial charge in [0.15, 0.2) is 0 Å². The molecule has 0 atom stereocenters. The second kappa shape index (κ2) is 2.76. The fourth-order valence-electron chi connectivity index (χ4n) is 1.05. The van der Waals surface area contributed by atoms with Crippen molar-refractivity contribution in [1.29, 1.82) is 0 Å². The summed E-state index contributed by atoms with van der Waals surface area (Å²) >= 11 is 1.26. The van der Waals surface area contributed by atoms with E-state index in [1.807, 2.05) is 0 Å². The molecule has 0 spiro atoms. The molecule has 0 aliphatic carbocycles.